The van der Waals surface area contributed by atoms with Crippen molar-refractivity contribution in [3.63, 3.8) is 0 Å². The highest BCUT2D eigenvalue weighted by Gasteiger charge is 2.17. The van der Waals surface area contributed by atoms with Gasteiger partial charge < -0.3 is 14.2 Å². The lowest BCUT2D eigenvalue weighted by atomic mass is 10.0. The molecule has 0 rings (SSSR count). The largest absolute Gasteiger partial charge is 0.462 e. The average molecular weight is 891 g/mol. The molecule has 0 N–H and O–H groups in total. The fourth-order valence-corrected chi connectivity index (χ4v) is 7.46. The van der Waals surface area contributed by atoms with Crippen LogP contribution in [0.3, 0.4) is 0 Å². The predicted octanol–water partition coefficient (Wildman–Crippen LogP) is 18.5. The Hall–Kier alpha value is -2.92. The molecule has 0 amide bonds. The molecule has 0 aliphatic carbocycles. The SMILES string of the molecule is CC/C=C\C/C=C\C/C=C\C/C=C\CCCCCCC(=O)OCC(COCCCCCC/C=C\C/C=C\C/C=C\CC)OC(=O)CCCCCCCCCCCCCCCCCCC. The second kappa shape index (κ2) is 54.4. The molecular formula is C59H102O5. The Balaban J connectivity index is 4.33. The van der Waals surface area contributed by atoms with Crippen molar-refractivity contribution >= 4 is 11.9 Å². The molecule has 0 aliphatic heterocycles. The highest BCUT2D eigenvalue weighted by Crippen LogP contribution is 2.15. The number of hydrogen-bond acceptors (Lipinski definition) is 5. The summed E-state index contributed by atoms with van der Waals surface area (Å²) in [6.07, 6.45) is 71.7. The van der Waals surface area contributed by atoms with Crippen LogP contribution in [0, 0.1) is 0 Å². The number of allylic oxidation sites excluding steroid dienone is 14. The van der Waals surface area contributed by atoms with E-state index in [-0.39, 0.29) is 25.2 Å². The van der Waals surface area contributed by atoms with E-state index < -0.39 is 6.10 Å². The molecule has 0 spiro atoms. The minimum Gasteiger partial charge on any atom is -0.462 e. The number of carbonyl (C=O) groups excluding carboxylic acids is 2. The summed E-state index contributed by atoms with van der Waals surface area (Å²) in [6, 6.07) is 0. The second-order valence-electron chi connectivity index (χ2n) is 17.7. The molecule has 1 unspecified atom stereocenters. The zero-order valence-corrected chi connectivity index (χ0v) is 42.3. The summed E-state index contributed by atoms with van der Waals surface area (Å²) in [6.45, 7) is 7.55. The van der Waals surface area contributed by atoms with Crippen molar-refractivity contribution in [3.05, 3.63) is 85.1 Å². The van der Waals surface area contributed by atoms with Gasteiger partial charge >= 0.3 is 11.9 Å². The summed E-state index contributed by atoms with van der Waals surface area (Å²) < 4.78 is 17.4. The van der Waals surface area contributed by atoms with Crippen molar-refractivity contribution < 1.29 is 23.8 Å². The molecule has 0 bridgehead atoms. The quantitative estimate of drug-likeness (QED) is 0.0346. The fraction of sp³-hybridized carbons (Fsp3) is 0.729. The zero-order chi connectivity index (χ0) is 46.3. The van der Waals surface area contributed by atoms with Gasteiger partial charge in [0.15, 0.2) is 6.10 Å². The molecule has 5 nitrogen and oxygen atoms in total. The topological polar surface area (TPSA) is 61.8 Å². The summed E-state index contributed by atoms with van der Waals surface area (Å²) in [5, 5.41) is 0. The maximum Gasteiger partial charge on any atom is 0.306 e. The van der Waals surface area contributed by atoms with E-state index in [9.17, 15) is 9.59 Å². The van der Waals surface area contributed by atoms with Gasteiger partial charge in [0.05, 0.1) is 6.61 Å². The number of esters is 2. The lowest BCUT2D eigenvalue weighted by Gasteiger charge is -2.18. The van der Waals surface area contributed by atoms with Crippen molar-refractivity contribution in [1.82, 2.24) is 0 Å². The first-order valence-corrected chi connectivity index (χ1v) is 27.1. The van der Waals surface area contributed by atoms with Crippen LogP contribution in [0.2, 0.25) is 0 Å². The number of unbranched alkanes of at least 4 members (excludes halogenated alkanes) is 24. The van der Waals surface area contributed by atoms with Gasteiger partial charge in [-0.05, 0) is 89.9 Å². The first-order valence-electron chi connectivity index (χ1n) is 27.1. The van der Waals surface area contributed by atoms with Crippen LogP contribution in [-0.4, -0.2) is 37.9 Å². The Kier molecular flexibility index (Phi) is 51.9. The van der Waals surface area contributed by atoms with E-state index in [4.69, 9.17) is 14.2 Å². The molecule has 0 heterocycles. The van der Waals surface area contributed by atoms with Crippen molar-refractivity contribution in [2.24, 2.45) is 0 Å². The standard InChI is InChI=1S/C59H102O5/c1-4-7-10-13-16-19-22-25-28-30-32-34-37-40-43-46-49-52-58(60)63-56-57(55-62-54-51-48-45-42-39-36-27-24-21-18-15-12-9-6-3)64-59(61)53-50-47-44-41-38-35-33-31-29-26-23-20-17-14-11-8-5-2/h7,9-10,12,16,18-19,21,25,27-28,32,34,36,57H,4-6,8,11,13-15,17,20,22-24,26,29-31,33,35,37-56H2,1-3H3/b10-7-,12-9-,19-16-,21-18-,28-25-,34-32-,36-27-. The molecule has 368 valence electrons. The van der Waals surface area contributed by atoms with E-state index in [1.165, 1.54) is 109 Å². The number of rotatable bonds is 49. The first-order chi connectivity index (χ1) is 31.6. The Morgan fingerprint density at radius 3 is 1.12 bits per heavy atom. The molecule has 0 radical (unpaired) electrons. The van der Waals surface area contributed by atoms with E-state index in [1.807, 2.05) is 0 Å². The number of ether oxygens (including phenoxy) is 3. The van der Waals surface area contributed by atoms with Gasteiger partial charge in [0.1, 0.15) is 6.61 Å². The normalized spacial score (nSPS) is 12.9. The molecule has 64 heavy (non-hydrogen) atoms. The van der Waals surface area contributed by atoms with Crippen molar-refractivity contribution in [3.8, 4) is 0 Å². The van der Waals surface area contributed by atoms with Crippen LogP contribution in [0.5, 0.6) is 0 Å². The van der Waals surface area contributed by atoms with E-state index in [0.29, 0.717) is 19.4 Å². The van der Waals surface area contributed by atoms with Crippen molar-refractivity contribution in [2.75, 3.05) is 19.8 Å². The summed E-state index contributed by atoms with van der Waals surface area (Å²) in [5.74, 6) is -0.432. The molecule has 0 saturated heterocycles. The van der Waals surface area contributed by atoms with Gasteiger partial charge in [-0.25, -0.2) is 0 Å². The summed E-state index contributed by atoms with van der Waals surface area (Å²) in [5.41, 5.74) is 0. The van der Waals surface area contributed by atoms with Crippen LogP contribution in [0.1, 0.15) is 252 Å². The van der Waals surface area contributed by atoms with Crippen LogP contribution in [0.4, 0.5) is 0 Å². The van der Waals surface area contributed by atoms with Crippen LogP contribution in [0.15, 0.2) is 85.1 Å². The van der Waals surface area contributed by atoms with Crippen LogP contribution in [-0.2, 0) is 23.8 Å². The number of hydrogen-bond donors (Lipinski definition) is 0. The Morgan fingerprint density at radius 2 is 0.703 bits per heavy atom. The minimum atomic E-state index is -0.560. The second-order valence-corrected chi connectivity index (χ2v) is 17.7. The highest BCUT2D eigenvalue weighted by molar-refractivity contribution is 5.70. The van der Waals surface area contributed by atoms with E-state index >= 15 is 0 Å². The highest BCUT2D eigenvalue weighted by atomic mass is 16.6. The fourth-order valence-electron chi connectivity index (χ4n) is 7.46. The third-order valence-corrected chi connectivity index (χ3v) is 11.4. The number of carbonyl (C=O) groups is 2. The average Bonchev–Trinajstić information content (AvgIpc) is 3.30. The first kappa shape index (κ1) is 61.1. The molecule has 0 aromatic heterocycles. The maximum atomic E-state index is 12.8. The third kappa shape index (κ3) is 51.7. The molecule has 0 aromatic rings. The zero-order valence-electron chi connectivity index (χ0n) is 42.3. The third-order valence-electron chi connectivity index (χ3n) is 11.4. The summed E-state index contributed by atoms with van der Waals surface area (Å²) in [7, 11) is 0. The lowest BCUT2D eigenvalue weighted by molar-refractivity contribution is -0.163. The van der Waals surface area contributed by atoms with Gasteiger partial charge in [-0.1, -0.05) is 234 Å². The van der Waals surface area contributed by atoms with Gasteiger partial charge in [0.25, 0.3) is 0 Å². The van der Waals surface area contributed by atoms with Crippen molar-refractivity contribution in [1.29, 1.82) is 0 Å². The van der Waals surface area contributed by atoms with E-state index in [1.54, 1.807) is 0 Å². The van der Waals surface area contributed by atoms with Gasteiger partial charge in [-0.15, -0.1) is 0 Å². The molecule has 0 saturated carbocycles. The van der Waals surface area contributed by atoms with Gasteiger partial charge in [-0.3, -0.25) is 9.59 Å². The Bertz CT molecular complexity index is 1190. The van der Waals surface area contributed by atoms with Gasteiger partial charge in [-0.2, -0.15) is 0 Å². The van der Waals surface area contributed by atoms with Gasteiger partial charge in [0.2, 0.25) is 0 Å². The van der Waals surface area contributed by atoms with Crippen LogP contribution >= 0.6 is 0 Å². The minimum absolute atomic E-state index is 0.0619. The monoisotopic (exact) mass is 891 g/mol. The lowest BCUT2D eigenvalue weighted by Crippen LogP contribution is -2.30. The summed E-state index contributed by atoms with van der Waals surface area (Å²) in [4.78, 5) is 25.5. The van der Waals surface area contributed by atoms with Crippen LogP contribution < -0.4 is 0 Å². The Morgan fingerprint density at radius 1 is 0.359 bits per heavy atom. The van der Waals surface area contributed by atoms with E-state index in [2.05, 4.69) is 106 Å². The smallest absolute Gasteiger partial charge is 0.306 e. The molecule has 0 aliphatic rings. The maximum absolute atomic E-state index is 12.8. The van der Waals surface area contributed by atoms with E-state index in [0.717, 1.165) is 109 Å². The summed E-state index contributed by atoms with van der Waals surface area (Å²) >= 11 is 0. The van der Waals surface area contributed by atoms with Crippen molar-refractivity contribution in [2.45, 2.75) is 258 Å². The molecular weight excluding hydrogens is 789 g/mol. The predicted molar refractivity (Wildman–Crippen MR) is 279 cm³/mol. The Labute approximate surface area is 397 Å². The van der Waals surface area contributed by atoms with Crippen LogP contribution in [0.25, 0.3) is 0 Å². The molecule has 1 atom stereocenters. The van der Waals surface area contributed by atoms with Gasteiger partial charge in [0, 0.05) is 19.4 Å². The molecule has 5 heteroatoms. The molecule has 0 aromatic carbocycles. The molecule has 0 fully saturated rings.